The van der Waals surface area contributed by atoms with E-state index < -0.39 is 0 Å². The molecular weight excluding hydrogens is 198 g/mol. The topological polar surface area (TPSA) is 29.0 Å². The van der Waals surface area contributed by atoms with Crippen molar-refractivity contribution in [3.8, 4) is 0 Å². The fraction of sp³-hybridized carbons (Fsp3) is 0.600. The van der Waals surface area contributed by atoms with Gasteiger partial charge >= 0.3 is 0 Å². The van der Waals surface area contributed by atoms with Gasteiger partial charge in [-0.2, -0.15) is 0 Å². The Balaban J connectivity index is 3.21. The van der Waals surface area contributed by atoms with Crippen LogP contribution in [0.25, 0.3) is 0 Å². The highest BCUT2D eigenvalue weighted by atomic mass is 35.5. The van der Waals surface area contributed by atoms with Crippen LogP contribution in [0.4, 0.5) is 5.82 Å². The molecule has 1 aromatic rings. The minimum atomic E-state index is -0.0737. The molecule has 78 valence electrons. The zero-order valence-electron chi connectivity index (χ0n) is 9.30. The first-order valence-corrected chi connectivity index (χ1v) is 4.91. The molecule has 1 rings (SSSR count). The monoisotopic (exact) mass is 213 g/mol. The van der Waals surface area contributed by atoms with Gasteiger partial charge in [-0.1, -0.05) is 32.4 Å². The molecular formula is C10H16ClN3. The number of hydrogen-bond donors (Lipinski definition) is 0. The minimum absolute atomic E-state index is 0.0737. The van der Waals surface area contributed by atoms with Crippen molar-refractivity contribution in [3.63, 3.8) is 0 Å². The summed E-state index contributed by atoms with van der Waals surface area (Å²) in [5.41, 5.74) is -0.0737. The van der Waals surface area contributed by atoms with Gasteiger partial charge in [0.15, 0.2) is 0 Å². The first-order chi connectivity index (χ1) is 6.30. The third-order valence-corrected chi connectivity index (χ3v) is 2.00. The Morgan fingerprint density at radius 2 is 1.79 bits per heavy atom. The lowest BCUT2D eigenvalue weighted by atomic mass is 9.96. The number of anilines is 1. The lowest BCUT2D eigenvalue weighted by Gasteiger charge is -2.19. The van der Waals surface area contributed by atoms with Crippen molar-refractivity contribution in [2.75, 3.05) is 19.0 Å². The fourth-order valence-corrected chi connectivity index (χ4v) is 1.15. The number of rotatable bonds is 1. The van der Waals surface area contributed by atoms with Crippen LogP contribution in [-0.2, 0) is 5.41 Å². The normalized spacial score (nSPS) is 11.6. The minimum Gasteiger partial charge on any atom is -0.363 e. The predicted octanol–water partition coefficient (Wildman–Crippen LogP) is 2.49. The summed E-state index contributed by atoms with van der Waals surface area (Å²) in [5.74, 6) is 1.61. The summed E-state index contributed by atoms with van der Waals surface area (Å²) >= 11 is 5.92. The van der Waals surface area contributed by atoms with Crippen LogP contribution in [0.5, 0.6) is 0 Å². The predicted molar refractivity (Wildman–Crippen MR) is 60.1 cm³/mol. The molecule has 4 heteroatoms. The van der Waals surface area contributed by atoms with E-state index in [9.17, 15) is 0 Å². The van der Waals surface area contributed by atoms with E-state index in [1.807, 2.05) is 19.0 Å². The third kappa shape index (κ3) is 2.58. The lowest BCUT2D eigenvalue weighted by molar-refractivity contribution is 0.545. The van der Waals surface area contributed by atoms with Crippen LogP contribution in [0.1, 0.15) is 26.6 Å². The molecule has 0 fully saturated rings. The van der Waals surface area contributed by atoms with Crippen LogP contribution >= 0.6 is 11.6 Å². The average Bonchev–Trinajstić information content (AvgIpc) is 2.01. The van der Waals surface area contributed by atoms with Crippen LogP contribution in [0.15, 0.2) is 6.07 Å². The quantitative estimate of drug-likeness (QED) is 0.672. The van der Waals surface area contributed by atoms with E-state index in [0.29, 0.717) is 5.15 Å². The van der Waals surface area contributed by atoms with E-state index in [1.54, 1.807) is 6.07 Å². The third-order valence-electron chi connectivity index (χ3n) is 1.81. The van der Waals surface area contributed by atoms with Gasteiger partial charge in [0, 0.05) is 25.6 Å². The average molecular weight is 214 g/mol. The van der Waals surface area contributed by atoms with Gasteiger partial charge < -0.3 is 4.90 Å². The number of hydrogen-bond acceptors (Lipinski definition) is 3. The Kier molecular flexibility index (Phi) is 3.00. The molecule has 0 unspecified atom stereocenters. The number of nitrogens with zero attached hydrogens (tertiary/aromatic N) is 3. The van der Waals surface area contributed by atoms with Crippen molar-refractivity contribution in [1.82, 2.24) is 9.97 Å². The second-order valence-electron chi connectivity index (χ2n) is 4.52. The first kappa shape index (κ1) is 11.2. The Morgan fingerprint density at radius 1 is 1.21 bits per heavy atom. The van der Waals surface area contributed by atoms with E-state index in [1.165, 1.54) is 0 Å². The highest BCUT2D eigenvalue weighted by Crippen LogP contribution is 2.22. The Labute approximate surface area is 90.1 Å². The molecule has 0 N–H and O–H groups in total. The number of aromatic nitrogens is 2. The molecule has 0 atom stereocenters. The summed E-state index contributed by atoms with van der Waals surface area (Å²) < 4.78 is 0. The van der Waals surface area contributed by atoms with E-state index in [-0.39, 0.29) is 5.41 Å². The zero-order valence-corrected chi connectivity index (χ0v) is 10.1. The zero-order chi connectivity index (χ0) is 10.9. The van der Waals surface area contributed by atoms with Crippen molar-refractivity contribution < 1.29 is 0 Å². The molecule has 1 aromatic heterocycles. The smallest absolute Gasteiger partial charge is 0.137 e. The lowest BCUT2D eigenvalue weighted by Crippen LogP contribution is -2.19. The van der Waals surface area contributed by atoms with E-state index in [2.05, 4.69) is 30.7 Å². The van der Waals surface area contributed by atoms with Crippen LogP contribution in [-0.4, -0.2) is 24.1 Å². The molecule has 0 bridgehead atoms. The molecule has 14 heavy (non-hydrogen) atoms. The molecule has 3 nitrogen and oxygen atoms in total. The summed E-state index contributed by atoms with van der Waals surface area (Å²) in [7, 11) is 3.87. The van der Waals surface area contributed by atoms with Gasteiger partial charge in [-0.3, -0.25) is 0 Å². The Morgan fingerprint density at radius 3 is 2.21 bits per heavy atom. The SMILES string of the molecule is CN(C)c1cc(Cl)nc(C(C)(C)C)n1. The van der Waals surface area contributed by atoms with Crippen molar-refractivity contribution >= 4 is 17.4 Å². The molecule has 0 spiro atoms. The van der Waals surface area contributed by atoms with Gasteiger partial charge in [0.05, 0.1) is 0 Å². The molecule has 0 aromatic carbocycles. The maximum Gasteiger partial charge on any atom is 0.137 e. The fourth-order valence-electron chi connectivity index (χ4n) is 0.970. The summed E-state index contributed by atoms with van der Waals surface area (Å²) in [5, 5.41) is 0.494. The second-order valence-corrected chi connectivity index (χ2v) is 4.90. The summed E-state index contributed by atoms with van der Waals surface area (Å²) in [6, 6.07) is 1.76. The molecule has 0 saturated carbocycles. The maximum absolute atomic E-state index is 5.92. The Hall–Kier alpha value is -0.830. The summed E-state index contributed by atoms with van der Waals surface area (Å²) in [6.07, 6.45) is 0. The van der Waals surface area contributed by atoms with Crippen molar-refractivity contribution in [2.45, 2.75) is 26.2 Å². The molecule has 0 saturated heterocycles. The maximum atomic E-state index is 5.92. The standard InChI is InChI=1S/C10H16ClN3/c1-10(2,3)9-12-7(11)6-8(13-9)14(4)5/h6H,1-5H3. The van der Waals surface area contributed by atoms with Gasteiger partial charge in [0.2, 0.25) is 0 Å². The highest BCUT2D eigenvalue weighted by Gasteiger charge is 2.19. The van der Waals surface area contributed by atoms with Gasteiger partial charge in [0.1, 0.15) is 16.8 Å². The second kappa shape index (κ2) is 3.73. The summed E-state index contributed by atoms with van der Waals surface area (Å²) in [4.78, 5) is 10.6. The van der Waals surface area contributed by atoms with Crippen LogP contribution in [0, 0.1) is 0 Å². The van der Waals surface area contributed by atoms with Crippen molar-refractivity contribution in [2.24, 2.45) is 0 Å². The van der Waals surface area contributed by atoms with E-state index in [0.717, 1.165) is 11.6 Å². The Bertz CT molecular complexity index is 329. The van der Waals surface area contributed by atoms with Gasteiger partial charge in [-0.05, 0) is 0 Å². The molecule has 1 heterocycles. The molecule has 0 aliphatic rings. The molecule has 0 radical (unpaired) electrons. The van der Waals surface area contributed by atoms with Gasteiger partial charge in [-0.15, -0.1) is 0 Å². The van der Waals surface area contributed by atoms with Crippen molar-refractivity contribution in [1.29, 1.82) is 0 Å². The van der Waals surface area contributed by atoms with Crippen LogP contribution in [0.2, 0.25) is 5.15 Å². The number of halogens is 1. The van der Waals surface area contributed by atoms with Gasteiger partial charge in [-0.25, -0.2) is 9.97 Å². The molecule has 0 aliphatic heterocycles. The van der Waals surface area contributed by atoms with E-state index >= 15 is 0 Å². The first-order valence-electron chi connectivity index (χ1n) is 4.53. The summed E-state index contributed by atoms with van der Waals surface area (Å²) in [6.45, 7) is 6.20. The van der Waals surface area contributed by atoms with Crippen molar-refractivity contribution in [3.05, 3.63) is 17.0 Å². The van der Waals surface area contributed by atoms with Crippen LogP contribution in [0.3, 0.4) is 0 Å². The molecule has 0 aliphatic carbocycles. The highest BCUT2D eigenvalue weighted by molar-refractivity contribution is 6.29. The van der Waals surface area contributed by atoms with Gasteiger partial charge in [0.25, 0.3) is 0 Å². The van der Waals surface area contributed by atoms with Crippen LogP contribution < -0.4 is 4.90 Å². The largest absolute Gasteiger partial charge is 0.363 e. The molecule has 0 amide bonds. The van der Waals surface area contributed by atoms with E-state index in [4.69, 9.17) is 11.6 Å².